The Balaban J connectivity index is 2.33. The number of ether oxygens (including phenoxy) is 2. The zero-order valence-corrected chi connectivity index (χ0v) is 11.6. The van der Waals surface area contributed by atoms with Crippen molar-refractivity contribution in [1.29, 1.82) is 0 Å². The Morgan fingerprint density at radius 1 is 1.30 bits per heavy atom. The Morgan fingerprint density at radius 3 is 2.60 bits per heavy atom. The fraction of sp³-hybridized carbons (Fsp3) is 0.429. The molecule has 6 heteroatoms. The number of carbonyl (C=O) groups is 2. The van der Waals surface area contributed by atoms with Crippen molar-refractivity contribution in [3.63, 3.8) is 0 Å². The summed E-state index contributed by atoms with van der Waals surface area (Å²) in [5, 5.41) is 2.76. The molecule has 1 saturated heterocycles. The van der Waals surface area contributed by atoms with Gasteiger partial charge in [0.05, 0.1) is 37.3 Å². The summed E-state index contributed by atoms with van der Waals surface area (Å²) in [6, 6.07) is 5.16. The first-order chi connectivity index (χ1) is 9.61. The second-order valence-electron chi connectivity index (χ2n) is 4.50. The Hall–Kier alpha value is -2.08. The Kier molecular flexibility index (Phi) is 4.57. The van der Waals surface area contributed by atoms with E-state index >= 15 is 0 Å². The van der Waals surface area contributed by atoms with Crippen LogP contribution in [0.1, 0.15) is 17.3 Å². The highest BCUT2D eigenvalue weighted by Crippen LogP contribution is 2.28. The lowest BCUT2D eigenvalue weighted by molar-refractivity contribution is -0.114. The Bertz CT molecular complexity index is 510. The quantitative estimate of drug-likeness (QED) is 0.843. The van der Waals surface area contributed by atoms with Gasteiger partial charge in [-0.15, -0.1) is 0 Å². The van der Waals surface area contributed by atoms with Crippen molar-refractivity contribution >= 4 is 23.3 Å². The average molecular weight is 278 g/mol. The average Bonchev–Trinajstić information content (AvgIpc) is 2.46. The number of nitrogens with one attached hydrogen (secondary N) is 1. The first kappa shape index (κ1) is 14.3. The van der Waals surface area contributed by atoms with Gasteiger partial charge in [-0.05, 0) is 18.2 Å². The van der Waals surface area contributed by atoms with Crippen molar-refractivity contribution < 1.29 is 19.1 Å². The van der Waals surface area contributed by atoms with E-state index in [2.05, 4.69) is 10.2 Å². The minimum atomic E-state index is -0.426. The van der Waals surface area contributed by atoms with Gasteiger partial charge in [-0.2, -0.15) is 0 Å². The van der Waals surface area contributed by atoms with Crippen LogP contribution in [0.5, 0.6) is 0 Å². The van der Waals surface area contributed by atoms with Gasteiger partial charge in [0.25, 0.3) is 0 Å². The zero-order chi connectivity index (χ0) is 14.5. The molecule has 1 aromatic carbocycles. The van der Waals surface area contributed by atoms with Gasteiger partial charge in [0.15, 0.2) is 0 Å². The van der Waals surface area contributed by atoms with Crippen LogP contribution in [0, 0.1) is 0 Å². The largest absolute Gasteiger partial charge is 0.465 e. The van der Waals surface area contributed by atoms with E-state index in [-0.39, 0.29) is 5.91 Å². The molecule has 6 nitrogen and oxygen atoms in total. The molecule has 108 valence electrons. The van der Waals surface area contributed by atoms with Crippen molar-refractivity contribution in [2.75, 3.05) is 43.6 Å². The highest BCUT2D eigenvalue weighted by molar-refractivity contribution is 5.97. The van der Waals surface area contributed by atoms with Gasteiger partial charge in [0.1, 0.15) is 0 Å². The van der Waals surface area contributed by atoms with Crippen LogP contribution >= 0.6 is 0 Å². The summed E-state index contributed by atoms with van der Waals surface area (Å²) in [6.45, 7) is 4.25. The molecule has 0 atom stereocenters. The smallest absolute Gasteiger partial charge is 0.337 e. The van der Waals surface area contributed by atoms with Gasteiger partial charge in [0, 0.05) is 20.0 Å². The minimum absolute atomic E-state index is 0.179. The number of hydrogen-bond acceptors (Lipinski definition) is 5. The van der Waals surface area contributed by atoms with Gasteiger partial charge in [-0.3, -0.25) is 4.79 Å². The lowest BCUT2D eigenvalue weighted by atomic mass is 10.1. The molecular formula is C14H18N2O4. The number of morpholine rings is 1. The summed E-state index contributed by atoms with van der Waals surface area (Å²) < 4.78 is 10.0. The molecule has 0 radical (unpaired) electrons. The minimum Gasteiger partial charge on any atom is -0.465 e. The molecule has 0 bridgehead atoms. The molecule has 0 spiro atoms. The number of hydrogen-bond donors (Lipinski definition) is 1. The third kappa shape index (κ3) is 3.27. The van der Waals surface area contributed by atoms with Crippen LogP contribution in [0.25, 0.3) is 0 Å². The normalized spacial score (nSPS) is 14.8. The predicted molar refractivity (Wildman–Crippen MR) is 75.1 cm³/mol. The number of methoxy groups -OCH3 is 1. The van der Waals surface area contributed by atoms with E-state index < -0.39 is 5.97 Å². The van der Waals surface area contributed by atoms with Crippen LogP contribution in [0.4, 0.5) is 11.4 Å². The van der Waals surface area contributed by atoms with Gasteiger partial charge >= 0.3 is 5.97 Å². The summed E-state index contributed by atoms with van der Waals surface area (Å²) in [7, 11) is 1.33. The molecule has 1 N–H and O–H groups in total. The van der Waals surface area contributed by atoms with E-state index in [9.17, 15) is 9.59 Å². The molecule has 1 fully saturated rings. The lowest BCUT2D eigenvalue weighted by Crippen LogP contribution is -2.36. The summed E-state index contributed by atoms with van der Waals surface area (Å²) in [4.78, 5) is 25.0. The number of amides is 1. The molecule has 1 aromatic rings. The maximum atomic E-state index is 11.6. The number of rotatable bonds is 3. The molecule has 0 saturated carbocycles. The molecule has 0 unspecified atom stereocenters. The second kappa shape index (κ2) is 6.38. The van der Waals surface area contributed by atoms with Gasteiger partial charge < -0.3 is 19.7 Å². The standard InChI is InChI=1S/C14H18N2O4/c1-10(17)15-12-9-11(14(18)19-2)3-4-13(12)16-5-7-20-8-6-16/h3-4,9H,5-8H2,1-2H3,(H,15,17). The van der Waals surface area contributed by atoms with E-state index in [1.165, 1.54) is 14.0 Å². The van der Waals surface area contributed by atoms with Crippen LogP contribution < -0.4 is 10.2 Å². The number of anilines is 2. The molecule has 1 amide bonds. The van der Waals surface area contributed by atoms with E-state index in [1.807, 2.05) is 6.07 Å². The number of benzene rings is 1. The maximum Gasteiger partial charge on any atom is 0.337 e. The first-order valence-corrected chi connectivity index (χ1v) is 6.44. The van der Waals surface area contributed by atoms with E-state index in [4.69, 9.17) is 9.47 Å². The monoisotopic (exact) mass is 278 g/mol. The van der Waals surface area contributed by atoms with Crippen LogP contribution in [-0.4, -0.2) is 45.3 Å². The number of carbonyl (C=O) groups excluding carboxylic acids is 2. The summed E-state index contributed by atoms with van der Waals surface area (Å²) >= 11 is 0. The zero-order valence-electron chi connectivity index (χ0n) is 11.6. The fourth-order valence-corrected chi connectivity index (χ4v) is 2.15. The van der Waals surface area contributed by atoms with Crippen LogP contribution in [-0.2, 0) is 14.3 Å². The molecule has 0 aliphatic carbocycles. The van der Waals surface area contributed by atoms with Crippen molar-refractivity contribution in [2.45, 2.75) is 6.92 Å². The highest BCUT2D eigenvalue weighted by Gasteiger charge is 2.17. The van der Waals surface area contributed by atoms with Crippen molar-refractivity contribution in [3.05, 3.63) is 23.8 Å². The van der Waals surface area contributed by atoms with Crippen molar-refractivity contribution in [3.8, 4) is 0 Å². The SMILES string of the molecule is COC(=O)c1ccc(N2CCOCC2)c(NC(C)=O)c1. The third-order valence-electron chi connectivity index (χ3n) is 3.08. The van der Waals surface area contributed by atoms with Crippen molar-refractivity contribution in [1.82, 2.24) is 0 Å². The molecule has 2 rings (SSSR count). The number of nitrogens with zero attached hydrogens (tertiary/aromatic N) is 1. The predicted octanol–water partition coefficient (Wildman–Crippen LogP) is 1.27. The maximum absolute atomic E-state index is 11.6. The van der Waals surface area contributed by atoms with Crippen LogP contribution in [0.15, 0.2) is 18.2 Å². The topological polar surface area (TPSA) is 67.9 Å². The second-order valence-corrected chi connectivity index (χ2v) is 4.50. The summed E-state index contributed by atoms with van der Waals surface area (Å²) in [5.41, 5.74) is 1.91. The highest BCUT2D eigenvalue weighted by atomic mass is 16.5. The molecule has 20 heavy (non-hydrogen) atoms. The van der Waals surface area contributed by atoms with Gasteiger partial charge in [-0.1, -0.05) is 0 Å². The van der Waals surface area contributed by atoms with Crippen LogP contribution in [0.2, 0.25) is 0 Å². The third-order valence-corrected chi connectivity index (χ3v) is 3.08. The molecular weight excluding hydrogens is 260 g/mol. The lowest BCUT2D eigenvalue weighted by Gasteiger charge is -2.30. The van der Waals surface area contributed by atoms with Gasteiger partial charge in [0.2, 0.25) is 5.91 Å². The molecule has 1 aliphatic rings. The Labute approximate surface area is 117 Å². The molecule has 0 aromatic heterocycles. The first-order valence-electron chi connectivity index (χ1n) is 6.44. The van der Waals surface area contributed by atoms with Gasteiger partial charge in [-0.25, -0.2) is 4.79 Å². The molecule has 1 aliphatic heterocycles. The van der Waals surface area contributed by atoms with E-state index in [0.29, 0.717) is 24.5 Å². The van der Waals surface area contributed by atoms with E-state index in [1.54, 1.807) is 12.1 Å². The number of esters is 1. The van der Waals surface area contributed by atoms with Crippen molar-refractivity contribution in [2.24, 2.45) is 0 Å². The Morgan fingerprint density at radius 2 is 2.00 bits per heavy atom. The summed E-state index contributed by atoms with van der Waals surface area (Å²) in [6.07, 6.45) is 0. The fourth-order valence-electron chi connectivity index (χ4n) is 2.15. The summed E-state index contributed by atoms with van der Waals surface area (Å²) in [5.74, 6) is -0.605. The molecule has 1 heterocycles. The van der Waals surface area contributed by atoms with E-state index in [0.717, 1.165) is 18.8 Å². The van der Waals surface area contributed by atoms with Crippen LogP contribution in [0.3, 0.4) is 0 Å².